The number of ether oxygens (including phenoxy) is 2. The standard InChI is InChI=1S/C9H16O2/c1-8(2)10-6-5-7-11-9(3)4/h1,3,5-7H2,2,4H3. The predicted octanol–water partition coefficient (Wildman–Crippen LogP) is 2.48. The summed E-state index contributed by atoms with van der Waals surface area (Å²) in [4.78, 5) is 0. The summed E-state index contributed by atoms with van der Waals surface area (Å²) in [7, 11) is 0. The van der Waals surface area contributed by atoms with E-state index in [1.807, 2.05) is 13.8 Å². The van der Waals surface area contributed by atoms with Gasteiger partial charge in [-0.25, -0.2) is 0 Å². The largest absolute Gasteiger partial charge is 0.499 e. The zero-order valence-electron chi connectivity index (χ0n) is 7.35. The van der Waals surface area contributed by atoms with Crippen LogP contribution in [0, 0.1) is 0 Å². The van der Waals surface area contributed by atoms with Gasteiger partial charge in [-0.1, -0.05) is 13.2 Å². The van der Waals surface area contributed by atoms with Crippen LogP contribution in [0.3, 0.4) is 0 Å². The van der Waals surface area contributed by atoms with Gasteiger partial charge in [0.15, 0.2) is 0 Å². The van der Waals surface area contributed by atoms with E-state index >= 15 is 0 Å². The van der Waals surface area contributed by atoms with E-state index in [1.54, 1.807) is 0 Å². The molecule has 0 spiro atoms. The smallest absolute Gasteiger partial charge is 0.0909 e. The molecule has 0 fully saturated rings. The van der Waals surface area contributed by atoms with Crippen molar-refractivity contribution in [2.75, 3.05) is 13.2 Å². The quantitative estimate of drug-likeness (QED) is 0.434. The molecule has 2 nitrogen and oxygen atoms in total. The minimum Gasteiger partial charge on any atom is -0.499 e. The molecule has 0 N–H and O–H groups in total. The second kappa shape index (κ2) is 5.83. The highest BCUT2D eigenvalue weighted by molar-refractivity contribution is 4.74. The van der Waals surface area contributed by atoms with Crippen LogP contribution in [0.5, 0.6) is 0 Å². The average molecular weight is 156 g/mol. The molecule has 0 bridgehead atoms. The summed E-state index contributed by atoms with van der Waals surface area (Å²) in [5.74, 6) is 1.50. The molecule has 0 aromatic rings. The Morgan fingerprint density at radius 3 is 1.64 bits per heavy atom. The van der Waals surface area contributed by atoms with Gasteiger partial charge in [0.1, 0.15) is 0 Å². The molecule has 0 aromatic carbocycles. The molecule has 0 heterocycles. The molecule has 0 unspecified atom stereocenters. The van der Waals surface area contributed by atoms with Crippen molar-refractivity contribution in [2.45, 2.75) is 20.3 Å². The molecule has 0 aliphatic carbocycles. The Hall–Kier alpha value is -0.920. The molecular weight excluding hydrogens is 140 g/mol. The van der Waals surface area contributed by atoms with E-state index in [1.165, 1.54) is 0 Å². The summed E-state index contributed by atoms with van der Waals surface area (Å²) < 4.78 is 10.2. The van der Waals surface area contributed by atoms with Gasteiger partial charge in [-0.2, -0.15) is 0 Å². The molecule has 0 aliphatic heterocycles. The van der Waals surface area contributed by atoms with Crippen molar-refractivity contribution in [3.63, 3.8) is 0 Å². The van der Waals surface area contributed by atoms with Crippen LogP contribution < -0.4 is 0 Å². The summed E-state index contributed by atoms with van der Waals surface area (Å²) in [5, 5.41) is 0. The van der Waals surface area contributed by atoms with Crippen molar-refractivity contribution in [1.29, 1.82) is 0 Å². The van der Waals surface area contributed by atoms with Crippen molar-refractivity contribution in [1.82, 2.24) is 0 Å². The summed E-state index contributed by atoms with van der Waals surface area (Å²) in [6.45, 7) is 12.2. The number of allylic oxidation sites excluding steroid dienone is 2. The van der Waals surface area contributed by atoms with Crippen molar-refractivity contribution in [2.24, 2.45) is 0 Å². The van der Waals surface area contributed by atoms with E-state index in [4.69, 9.17) is 9.47 Å². The first-order valence-electron chi connectivity index (χ1n) is 3.69. The van der Waals surface area contributed by atoms with Crippen molar-refractivity contribution < 1.29 is 9.47 Å². The van der Waals surface area contributed by atoms with Gasteiger partial charge in [0.05, 0.1) is 24.7 Å². The van der Waals surface area contributed by atoms with Crippen molar-refractivity contribution in [3.05, 3.63) is 24.7 Å². The average Bonchev–Trinajstić information content (AvgIpc) is 1.85. The van der Waals surface area contributed by atoms with Crippen LogP contribution in [0.4, 0.5) is 0 Å². The number of hydrogen-bond donors (Lipinski definition) is 0. The second-order valence-corrected chi connectivity index (χ2v) is 2.45. The number of rotatable bonds is 6. The first-order chi connectivity index (χ1) is 5.13. The zero-order chi connectivity index (χ0) is 8.69. The first-order valence-corrected chi connectivity index (χ1v) is 3.69. The molecule has 0 atom stereocenters. The third-order valence-electron chi connectivity index (χ3n) is 0.986. The van der Waals surface area contributed by atoms with E-state index in [0.717, 1.165) is 17.9 Å². The molecule has 0 aliphatic rings. The Kier molecular flexibility index (Phi) is 5.35. The summed E-state index contributed by atoms with van der Waals surface area (Å²) in [6.07, 6.45) is 0.875. The summed E-state index contributed by atoms with van der Waals surface area (Å²) in [6, 6.07) is 0. The van der Waals surface area contributed by atoms with Crippen molar-refractivity contribution in [3.8, 4) is 0 Å². The monoisotopic (exact) mass is 156 g/mol. The maximum absolute atomic E-state index is 5.12. The van der Waals surface area contributed by atoms with Gasteiger partial charge in [0.2, 0.25) is 0 Å². The van der Waals surface area contributed by atoms with Gasteiger partial charge >= 0.3 is 0 Å². The fraction of sp³-hybridized carbons (Fsp3) is 0.556. The van der Waals surface area contributed by atoms with Crippen LogP contribution in [0.1, 0.15) is 20.3 Å². The summed E-state index contributed by atoms with van der Waals surface area (Å²) in [5.41, 5.74) is 0. The molecule has 11 heavy (non-hydrogen) atoms. The van der Waals surface area contributed by atoms with Crippen LogP contribution in [0.15, 0.2) is 24.7 Å². The van der Waals surface area contributed by atoms with Crippen LogP contribution in [-0.4, -0.2) is 13.2 Å². The Labute approximate surface area is 68.5 Å². The predicted molar refractivity (Wildman–Crippen MR) is 46.1 cm³/mol. The fourth-order valence-corrected chi connectivity index (χ4v) is 0.552. The normalized spacial score (nSPS) is 8.91. The van der Waals surface area contributed by atoms with Gasteiger partial charge in [-0.05, 0) is 13.8 Å². The van der Waals surface area contributed by atoms with Gasteiger partial charge in [0.25, 0.3) is 0 Å². The van der Waals surface area contributed by atoms with E-state index in [0.29, 0.717) is 13.2 Å². The molecular formula is C9H16O2. The van der Waals surface area contributed by atoms with Gasteiger partial charge in [-0.3, -0.25) is 0 Å². The van der Waals surface area contributed by atoms with E-state index < -0.39 is 0 Å². The Morgan fingerprint density at radius 1 is 1.00 bits per heavy atom. The van der Waals surface area contributed by atoms with Crippen LogP contribution in [-0.2, 0) is 9.47 Å². The lowest BCUT2D eigenvalue weighted by Gasteiger charge is -2.06. The Bertz CT molecular complexity index is 122. The molecule has 0 amide bonds. The molecule has 0 saturated heterocycles. The fourth-order valence-electron chi connectivity index (χ4n) is 0.552. The maximum Gasteiger partial charge on any atom is 0.0909 e. The first kappa shape index (κ1) is 10.1. The molecule has 64 valence electrons. The van der Waals surface area contributed by atoms with E-state index in [-0.39, 0.29) is 0 Å². The van der Waals surface area contributed by atoms with Crippen molar-refractivity contribution >= 4 is 0 Å². The lowest BCUT2D eigenvalue weighted by atomic mass is 10.5. The van der Waals surface area contributed by atoms with Gasteiger partial charge < -0.3 is 9.47 Å². The summed E-state index contributed by atoms with van der Waals surface area (Å²) >= 11 is 0. The molecule has 0 rings (SSSR count). The SMILES string of the molecule is C=C(C)OCCCOC(=C)C. The minimum absolute atomic E-state index is 0.669. The van der Waals surface area contributed by atoms with Gasteiger partial charge in [0, 0.05) is 6.42 Å². The van der Waals surface area contributed by atoms with Gasteiger partial charge in [-0.15, -0.1) is 0 Å². The van der Waals surface area contributed by atoms with E-state index in [9.17, 15) is 0 Å². The third kappa shape index (κ3) is 9.08. The Morgan fingerprint density at radius 2 is 1.36 bits per heavy atom. The zero-order valence-corrected chi connectivity index (χ0v) is 7.35. The molecule has 0 aromatic heterocycles. The van der Waals surface area contributed by atoms with Crippen LogP contribution in [0.25, 0.3) is 0 Å². The lowest BCUT2D eigenvalue weighted by molar-refractivity contribution is 0.155. The van der Waals surface area contributed by atoms with E-state index in [2.05, 4.69) is 13.2 Å². The highest BCUT2D eigenvalue weighted by atomic mass is 16.5. The third-order valence-corrected chi connectivity index (χ3v) is 0.986. The van der Waals surface area contributed by atoms with Crippen LogP contribution in [0.2, 0.25) is 0 Å². The minimum atomic E-state index is 0.669. The van der Waals surface area contributed by atoms with Crippen LogP contribution >= 0.6 is 0 Å². The molecule has 0 saturated carbocycles. The Balaban J connectivity index is 3.03. The molecule has 0 radical (unpaired) electrons. The second-order valence-electron chi connectivity index (χ2n) is 2.45. The lowest BCUT2D eigenvalue weighted by Crippen LogP contribution is -1.98. The highest BCUT2D eigenvalue weighted by Gasteiger charge is 1.89. The maximum atomic E-state index is 5.12. The highest BCUT2D eigenvalue weighted by Crippen LogP contribution is 1.95. The number of hydrogen-bond acceptors (Lipinski definition) is 2. The molecule has 2 heteroatoms. The topological polar surface area (TPSA) is 18.5 Å².